The van der Waals surface area contributed by atoms with E-state index in [1.54, 1.807) is 4.68 Å². The maximum absolute atomic E-state index is 13.0. The molecule has 1 aromatic carbocycles. The predicted octanol–water partition coefficient (Wildman–Crippen LogP) is 4.34. The van der Waals surface area contributed by atoms with Crippen LogP contribution in [0.4, 0.5) is 4.39 Å². The molecule has 0 fully saturated rings. The minimum absolute atomic E-state index is 0.0186. The van der Waals surface area contributed by atoms with Crippen LogP contribution < -0.4 is 0 Å². The van der Waals surface area contributed by atoms with Crippen LogP contribution in [0.2, 0.25) is 10.0 Å². The summed E-state index contributed by atoms with van der Waals surface area (Å²) in [6, 6.07) is 3.98. The zero-order valence-corrected chi connectivity index (χ0v) is 12.5. The number of hydrogen-bond acceptors (Lipinski definition) is 2. The number of rotatable bonds is 4. The Morgan fingerprint density at radius 2 is 2.05 bits per heavy atom. The second-order valence-electron chi connectivity index (χ2n) is 4.72. The fourth-order valence-electron chi connectivity index (χ4n) is 1.92. The molecule has 0 bridgehead atoms. The third kappa shape index (κ3) is 3.02. The summed E-state index contributed by atoms with van der Waals surface area (Å²) in [6.45, 7) is 3.82. The number of ketones is 1. The minimum atomic E-state index is -0.434. The lowest BCUT2D eigenvalue weighted by molar-refractivity contribution is 0.0981. The van der Waals surface area contributed by atoms with Gasteiger partial charge in [0.15, 0.2) is 5.78 Å². The molecule has 0 radical (unpaired) electrons. The second kappa shape index (κ2) is 5.94. The standard InChI is InChI=1S/C14H13Cl2FN2O/c1-8(2)19-14(12(16)7-18-19)13(20)5-9-3-4-10(17)6-11(9)15/h3-4,6-8H,5H2,1-2H3. The van der Waals surface area contributed by atoms with E-state index in [0.29, 0.717) is 16.3 Å². The molecule has 1 aromatic heterocycles. The zero-order chi connectivity index (χ0) is 14.9. The monoisotopic (exact) mass is 314 g/mol. The van der Waals surface area contributed by atoms with Gasteiger partial charge in [-0.2, -0.15) is 5.10 Å². The molecule has 106 valence electrons. The van der Waals surface area contributed by atoms with Gasteiger partial charge in [-0.3, -0.25) is 9.48 Å². The molecule has 0 saturated carbocycles. The van der Waals surface area contributed by atoms with Crippen LogP contribution in [0.15, 0.2) is 24.4 Å². The smallest absolute Gasteiger partial charge is 0.186 e. The number of nitrogens with zero attached hydrogens (tertiary/aromatic N) is 2. The first-order valence-corrected chi connectivity index (χ1v) is 6.86. The molecule has 0 aliphatic carbocycles. The van der Waals surface area contributed by atoms with Gasteiger partial charge >= 0.3 is 0 Å². The minimum Gasteiger partial charge on any atom is -0.292 e. The van der Waals surface area contributed by atoms with E-state index in [-0.39, 0.29) is 23.3 Å². The van der Waals surface area contributed by atoms with Crippen molar-refractivity contribution in [1.82, 2.24) is 9.78 Å². The maximum atomic E-state index is 13.0. The lowest BCUT2D eigenvalue weighted by atomic mass is 10.1. The van der Waals surface area contributed by atoms with E-state index < -0.39 is 5.82 Å². The second-order valence-corrected chi connectivity index (χ2v) is 5.53. The highest BCUT2D eigenvalue weighted by molar-refractivity contribution is 6.34. The van der Waals surface area contributed by atoms with Gasteiger partial charge in [0.2, 0.25) is 0 Å². The summed E-state index contributed by atoms with van der Waals surface area (Å²) in [5.74, 6) is -0.633. The fourth-order valence-corrected chi connectivity index (χ4v) is 2.39. The Bertz CT molecular complexity index is 653. The Morgan fingerprint density at radius 1 is 1.35 bits per heavy atom. The van der Waals surface area contributed by atoms with Gasteiger partial charge in [-0.05, 0) is 31.5 Å². The molecule has 0 aliphatic heterocycles. The van der Waals surface area contributed by atoms with E-state index in [9.17, 15) is 9.18 Å². The summed E-state index contributed by atoms with van der Waals surface area (Å²) in [4.78, 5) is 12.4. The number of Topliss-reactive ketones (excluding diaryl/α,β-unsaturated/α-hetero) is 1. The van der Waals surface area contributed by atoms with Crippen LogP contribution in [-0.2, 0) is 6.42 Å². The number of halogens is 3. The van der Waals surface area contributed by atoms with Gasteiger partial charge in [0.05, 0.1) is 11.2 Å². The van der Waals surface area contributed by atoms with Crippen molar-refractivity contribution >= 4 is 29.0 Å². The maximum Gasteiger partial charge on any atom is 0.186 e. The topological polar surface area (TPSA) is 34.9 Å². The molecule has 0 unspecified atom stereocenters. The Labute approximate surface area is 126 Å². The fraction of sp³-hybridized carbons (Fsp3) is 0.286. The van der Waals surface area contributed by atoms with Crippen LogP contribution in [0.3, 0.4) is 0 Å². The summed E-state index contributed by atoms with van der Waals surface area (Å²) >= 11 is 11.9. The SMILES string of the molecule is CC(C)n1ncc(Cl)c1C(=O)Cc1ccc(F)cc1Cl. The summed E-state index contributed by atoms with van der Waals surface area (Å²) in [7, 11) is 0. The summed E-state index contributed by atoms with van der Waals surface area (Å²) in [5.41, 5.74) is 0.910. The van der Waals surface area contributed by atoms with E-state index >= 15 is 0 Å². The molecule has 20 heavy (non-hydrogen) atoms. The Morgan fingerprint density at radius 3 is 2.65 bits per heavy atom. The quantitative estimate of drug-likeness (QED) is 0.787. The van der Waals surface area contributed by atoms with Crippen LogP contribution >= 0.6 is 23.2 Å². The molecular formula is C14H13Cl2FN2O. The van der Waals surface area contributed by atoms with Gasteiger partial charge in [-0.15, -0.1) is 0 Å². The van der Waals surface area contributed by atoms with Gasteiger partial charge in [0.1, 0.15) is 11.5 Å². The van der Waals surface area contributed by atoms with E-state index in [2.05, 4.69) is 5.10 Å². The number of hydrogen-bond donors (Lipinski definition) is 0. The Kier molecular flexibility index (Phi) is 4.45. The number of carbonyl (C=O) groups excluding carboxylic acids is 1. The first kappa shape index (κ1) is 15.0. The van der Waals surface area contributed by atoms with E-state index in [1.807, 2.05) is 13.8 Å². The number of aromatic nitrogens is 2. The number of carbonyl (C=O) groups is 1. The van der Waals surface area contributed by atoms with Crippen LogP contribution in [0.1, 0.15) is 35.9 Å². The molecule has 0 atom stereocenters. The molecule has 6 heteroatoms. The highest BCUT2D eigenvalue weighted by Crippen LogP contribution is 2.23. The third-order valence-electron chi connectivity index (χ3n) is 2.87. The van der Waals surface area contributed by atoms with Gasteiger partial charge in [0.25, 0.3) is 0 Å². The largest absolute Gasteiger partial charge is 0.292 e. The number of benzene rings is 1. The molecule has 0 N–H and O–H groups in total. The molecule has 0 saturated heterocycles. The lowest BCUT2D eigenvalue weighted by Gasteiger charge is -2.11. The predicted molar refractivity (Wildman–Crippen MR) is 77.1 cm³/mol. The molecular weight excluding hydrogens is 302 g/mol. The van der Waals surface area contributed by atoms with Crippen molar-refractivity contribution < 1.29 is 9.18 Å². The van der Waals surface area contributed by atoms with Crippen molar-refractivity contribution in [2.75, 3.05) is 0 Å². The van der Waals surface area contributed by atoms with Crippen molar-refractivity contribution in [1.29, 1.82) is 0 Å². The van der Waals surface area contributed by atoms with Crippen LogP contribution in [0, 0.1) is 5.82 Å². The normalized spacial score (nSPS) is 11.1. The van der Waals surface area contributed by atoms with Crippen LogP contribution in [0.5, 0.6) is 0 Å². The highest BCUT2D eigenvalue weighted by atomic mass is 35.5. The molecule has 2 aromatic rings. The van der Waals surface area contributed by atoms with Crippen molar-refractivity contribution in [3.8, 4) is 0 Å². The zero-order valence-electron chi connectivity index (χ0n) is 11.0. The van der Waals surface area contributed by atoms with Gasteiger partial charge in [0, 0.05) is 17.5 Å². The van der Waals surface area contributed by atoms with E-state index in [0.717, 1.165) is 0 Å². The molecule has 3 nitrogen and oxygen atoms in total. The van der Waals surface area contributed by atoms with Gasteiger partial charge in [-0.1, -0.05) is 29.3 Å². The average Bonchev–Trinajstić information content (AvgIpc) is 2.75. The lowest BCUT2D eigenvalue weighted by Crippen LogP contribution is -2.15. The third-order valence-corrected chi connectivity index (χ3v) is 3.50. The van der Waals surface area contributed by atoms with E-state index in [4.69, 9.17) is 23.2 Å². The molecule has 0 spiro atoms. The van der Waals surface area contributed by atoms with Gasteiger partial charge < -0.3 is 0 Å². The van der Waals surface area contributed by atoms with Crippen molar-refractivity contribution in [2.45, 2.75) is 26.3 Å². The average molecular weight is 315 g/mol. The Hall–Kier alpha value is -1.39. The first-order chi connectivity index (χ1) is 9.40. The molecule has 1 heterocycles. The molecule has 0 amide bonds. The van der Waals surface area contributed by atoms with Gasteiger partial charge in [-0.25, -0.2) is 4.39 Å². The molecule has 0 aliphatic rings. The molecule has 2 rings (SSSR count). The highest BCUT2D eigenvalue weighted by Gasteiger charge is 2.20. The Balaban J connectivity index is 2.31. The van der Waals surface area contributed by atoms with Crippen LogP contribution in [-0.4, -0.2) is 15.6 Å². The van der Waals surface area contributed by atoms with Crippen LogP contribution in [0.25, 0.3) is 0 Å². The summed E-state index contributed by atoms with van der Waals surface area (Å²) in [6.07, 6.45) is 1.50. The first-order valence-electron chi connectivity index (χ1n) is 6.10. The summed E-state index contributed by atoms with van der Waals surface area (Å²) < 4.78 is 14.6. The van der Waals surface area contributed by atoms with E-state index in [1.165, 1.54) is 24.4 Å². The summed E-state index contributed by atoms with van der Waals surface area (Å²) in [5, 5.41) is 4.62. The van der Waals surface area contributed by atoms with Crippen molar-refractivity contribution in [3.05, 3.63) is 51.5 Å². The van der Waals surface area contributed by atoms with Crippen molar-refractivity contribution in [2.24, 2.45) is 0 Å². The van der Waals surface area contributed by atoms with Crippen molar-refractivity contribution in [3.63, 3.8) is 0 Å².